The van der Waals surface area contributed by atoms with Gasteiger partial charge in [0.1, 0.15) is 11.5 Å². The third kappa shape index (κ3) is 1.95. The molecule has 0 amide bonds. The van der Waals surface area contributed by atoms with E-state index in [-0.39, 0.29) is 0 Å². The van der Waals surface area contributed by atoms with E-state index in [1.807, 2.05) is 66.7 Å². The van der Waals surface area contributed by atoms with E-state index >= 15 is 0 Å². The Morgan fingerprint density at radius 2 is 1.38 bits per heavy atom. The summed E-state index contributed by atoms with van der Waals surface area (Å²) in [5.41, 5.74) is 6.44. The van der Waals surface area contributed by atoms with Crippen molar-refractivity contribution in [3.8, 4) is 28.7 Å². The van der Waals surface area contributed by atoms with E-state index in [1.165, 1.54) is 0 Å². The molecule has 1 spiro atoms. The van der Waals surface area contributed by atoms with Crippen molar-refractivity contribution in [3.05, 3.63) is 118 Å². The third-order valence-corrected chi connectivity index (χ3v) is 6.28. The van der Waals surface area contributed by atoms with Crippen molar-refractivity contribution in [3.63, 3.8) is 0 Å². The van der Waals surface area contributed by atoms with E-state index in [0.29, 0.717) is 10.6 Å². The molecule has 136 valence electrons. The second-order valence-electron chi connectivity index (χ2n) is 7.37. The van der Waals surface area contributed by atoms with Gasteiger partial charge in [0, 0.05) is 21.7 Å². The van der Waals surface area contributed by atoms with Gasteiger partial charge < -0.3 is 4.74 Å². The summed E-state index contributed by atoms with van der Waals surface area (Å²) < 4.78 is 6.28. The third-order valence-electron chi connectivity index (χ3n) is 6.05. The van der Waals surface area contributed by atoms with Gasteiger partial charge in [0.25, 0.3) is 0 Å². The van der Waals surface area contributed by atoms with E-state index in [0.717, 1.165) is 44.9 Å². The zero-order valence-corrected chi connectivity index (χ0v) is 16.1. The highest BCUT2D eigenvalue weighted by Crippen LogP contribution is 2.62. The van der Waals surface area contributed by atoms with E-state index in [4.69, 9.17) is 16.3 Å². The van der Waals surface area contributed by atoms with E-state index in [2.05, 4.69) is 24.3 Å². The van der Waals surface area contributed by atoms with Crippen LogP contribution in [0, 0.1) is 11.3 Å². The van der Waals surface area contributed by atoms with Gasteiger partial charge in [0.2, 0.25) is 0 Å². The molecule has 4 aromatic carbocycles. The number of nitrogens with zero attached hydrogens (tertiary/aromatic N) is 1. The summed E-state index contributed by atoms with van der Waals surface area (Å²) in [5.74, 6) is 1.65. The molecule has 0 N–H and O–H groups in total. The molecular formula is C26H14ClNO. The molecule has 0 radical (unpaired) electrons. The first-order valence-corrected chi connectivity index (χ1v) is 9.84. The van der Waals surface area contributed by atoms with Crippen molar-refractivity contribution >= 4 is 11.6 Å². The molecule has 29 heavy (non-hydrogen) atoms. The lowest BCUT2D eigenvalue weighted by Crippen LogP contribution is -2.32. The van der Waals surface area contributed by atoms with Crippen LogP contribution < -0.4 is 4.74 Å². The number of fused-ring (bicyclic) bond motifs is 9. The minimum absolute atomic E-state index is 0.576. The van der Waals surface area contributed by atoms with Crippen LogP contribution in [-0.2, 0) is 5.41 Å². The lowest BCUT2D eigenvalue weighted by atomic mass is 9.66. The Balaban J connectivity index is 1.88. The first-order chi connectivity index (χ1) is 14.2. The van der Waals surface area contributed by atoms with Crippen LogP contribution in [0.5, 0.6) is 11.5 Å². The lowest BCUT2D eigenvalue weighted by Gasteiger charge is -2.39. The summed E-state index contributed by atoms with van der Waals surface area (Å²) in [6.45, 7) is 0. The molecule has 0 saturated heterocycles. The summed E-state index contributed by atoms with van der Waals surface area (Å²) in [4.78, 5) is 0. The summed E-state index contributed by atoms with van der Waals surface area (Å²) in [5, 5.41) is 10.5. The van der Waals surface area contributed by atoms with E-state index in [1.54, 1.807) is 0 Å². The highest BCUT2D eigenvalue weighted by molar-refractivity contribution is 6.30. The Labute approximate surface area is 173 Å². The maximum absolute atomic E-state index is 9.86. The Hall–Kier alpha value is -3.54. The number of benzene rings is 4. The molecule has 6 rings (SSSR count). The van der Waals surface area contributed by atoms with Crippen LogP contribution in [0.2, 0.25) is 5.02 Å². The fourth-order valence-electron chi connectivity index (χ4n) is 5.01. The van der Waals surface area contributed by atoms with Gasteiger partial charge in [-0.05, 0) is 47.0 Å². The van der Waals surface area contributed by atoms with Crippen LogP contribution in [0.1, 0.15) is 27.8 Å². The minimum atomic E-state index is -0.576. The van der Waals surface area contributed by atoms with Crippen molar-refractivity contribution in [2.45, 2.75) is 5.41 Å². The van der Waals surface area contributed by atoms with Gasteiger partial charge in [-0.3, -0.25) is 0 Å². The molecule has 0 unspecified atom stereocenters. The lowest BCUT2D eigenvalue weighted by molar-refractivity contribution is 0.436. The SMILES string of the molecule is N#Cc1cccc2c1-c1ccc(Cl)cc1C21c2ccccc2Oc2ccccc21. The average Bonchev–Trinajstić information content (AvgIpc) is 3.04. The maximum Gasteiger partial charge on any atom is 0.132 e. The van der Waals surface area contributed by atoms with Gasteiger partial charge >= 0.3 is 0 Å². The number of hydrogen-bond donors (Lipinski definition) is 0. The van der Waals surface area contributed by atoms with Gasteiger partial charge in [-0.15, -0.1) is 0 Å². The van der Waals surface area contributed by atoms with E-state index < -0.39 is 5.41 Å². The van der Waals surface area contributed by atoms with Gasteiger partial charge in [0.05, 0.1) is 17.0 Å². The molecule has 2 aliphatic rings. The molecule has 0 bridgehead atoms. The highest BCUT2D eigenvalue weighted by Gasteiger charge is 2.51. The topological polar surface area (TPSA) is 33.0 Å². The van der Waals surface area contributed by atoms with E-state index in [9.17, 15) is 5.26 Å². The monoisotopic (exact) mass is 391 g/mol. The van der Waals surface area contributed by atoms with Crippen LogP contribution in [-0.4, -0.2) is 0 Å². The molecule has 0 fully saturated rings. The van der Waals surface area contributed by atoms with Crippen LogP contribution in [0.25, 0.3) is 11.1 Å². The first kappa shape index (κ1) is 16.4. The van der Waals surface area contributed by atoms with Crippen molar-refractivity contribution in [2.24, 2.45) is 0 Å². The van der Waals surface area contributed by atoms with Crippen molar-refractivity contribution in [1.29, 1.82) is 5.26 Å². The smallest absolute Gasteiger partial charge is 0.132 e. The minimum Gasteiger partial charge on any atom is -0.457 e. The van der Waals surface area contributed by atoms with Gasteiger partial charge in [-0.1, -0.05) is 66.2 Å². The molecule has 0 saturated carbocycles. The first-order valence-electron chi connectivity index (χ1n) is 9.46. The molecule has 3 heteroatoms. The second kappa shape index (κ2) is 5.73. The predicted octanol–water partition coefficient (Wildman–Crippen LogP) is 6.68. The number of para-hydroxylation sites is 2. The van der Waals surface area contributed by atoms with Gasteiger partial charge in [-0.2, -0.15) is 5.26 Å². The zero-order valence-electron chi connectivity index (χ0n) is 15.3. The molecule has 0 atom stereocenters. The highest BCUT2D eigenvalue weighted by atomic mass is 35.5. The largest absolute Gasteiger partial charge is 0.457 e. The van der Waals surface area contributed by atoms with Crippen molar-refractivity contribution in [1.82, 2.24) is 0 Å². The number of rotatable bonds is 0. The molecule has 2 nitrogen and oxygen atoms in total. The molecule has 4 aromatic rings. The Kier molecular flexibility index (Phi) is 3.25. The normalized spacial score (nSPS) is 14.2. The summed E-state index contributed by atoms with van der Waals surface area (Å²) in [6, 6.07) is 30.6. The molecular weight excluding hydrogens is 378 g/mol. The summed E-state index contributed by atoms with van der Waals surface area (Å²) in [7, 11) is 0. The molecule has 1 aliphatic heterocycles. The zero-order chi connectivity index (χ0) is 19.6. The van der Waals surface area contributed by atoms with Crippen LogP contribution in [0.15, 0.2) is 84.9 Å². The van der Waals surface area contributed by atoms with Crippen molar-refractivity contribution in [2.75, 3.05) is 0 Å². The fraction of sp³-hybridized carbons (Fsp3) is 0.0385. The maximum atomic E-state index is 9.86. The molecule has 1 heterocycles. The fourth-order valence-corrected chi connectivity index (χ4v) is 5.18. The Morgan fingerprint density at radius 3 is 2.07 bits per heavy atom. The van der Waals surface area contributed by atoms with Crippen LogP contribution in [0.3, 0.4) is 0 Å². The number of hydrogen-bond acceptors (Lipinski definition) is 2. The molecule has 1 aliphatic carbocycles. The molecule has 0 aromatic heterocycles. The van der Waals surface area contributed by atoms with Gasteiger partial charge in [0.15, 0.2) is 0 Å². The van der Waals surface area contributed by atoms with Crippen LogP contribution in [0.4, 0.5) is 0 Å². The Bertz CT molecular complexity index is 1320. The predicted molar refractivity (Wildman–Crippen MR) is 114 cm³/mol. The number of nitriles is 1. The quantitative estimate of drug-likeness (QED) is 0.289. The van der Waals surface area contributed by atoms with Crippen LogP contribution >= 0.6 is 11.6 Å². The average molecular weight is 392 g/mol. The number of ether oxygens (including phenoxy) is 1. The standard InChI is InChI=1S/C26H14ClNO/c27-17-12-13-18-22(14-17)26(21-9-5-6-16(15-28)25(18)21)19-7-1-3-10-23(19)29-24-11-4-2-8-20(24)26/h1-14H. The number of halogens is 1. The summed E-state index contributed by atoms with van der Waals surface area (Å²) >= 11 is 6.50. The van der Waals surface area contributed by atoms with Crippen molar-refractivity contribution < 1.29 is 4.74 Å². The van der Waals surface area contributed by atoms with Gasteiger partial charge in [-0.25, -0.2) is 0 Å². The Morgan fingerprint density at radius 1 is 0.724 bits per heavy atom. The second-order valence-corrected chi connectivity index (χ2v) is 7.81. The summed E-state index contributed by atoms with van der Waals surface area (Å²) in [6.07, 6.45) is 0.